The molecule has 1 saturated carbocycles. The highest BCUT2D eigenvalue weighted by Crippen LogP contribution is 2.31. The highest BCUT2D eigenvalue weighted by atomic mass is 19.1. The second-order valence-electron chi connectivity index (χ2n) is 7.36. The molecule has 0 spiro atoms. The molecule has 0 unspecified atom stereocenters. The Morgan fingerprint density at radius 3 is 2.74 bits per heavy atom. The van der Waals surface area contributed by atoms with Crippen LogP contribution in [0.5, 0.6) is 5.75 Å². The zero-order valence-corrected chi connectivity index (χ0v) is 15.3. The van der Waals surface area contributed by atoms with E-state index in [1.807, 2.05) is 12.3 Å². The predicted octanol–water partition coefficient (Wildman–Crippen LogP) is 3.06. The Bertz CT molecular complexity index is 781. The van der Waals surface area contributed by atoms with Crippen molar-refractivity contribution in [3.8, 4) is 5.75 Å². The van der Waals surface area contributed by atoms with Gasteiger partial charge in [-0.2, -0.15) is 5.10 Å². The van der Waals surface area contributed by atoms with E-state index in [1.54, 1.807) is 23.0 Å². The molecular weight excluding hydrogens is 347 g/mol. The van der Waals surface area contributed by atoms with Crippen LogP contribution in [0.1, 0.15) is 38.5 Å². The number of hydrogen-bond donors (Lipinski definition) is 2. The molecule has 7 heteroatoms. The van der Waals surface area contributed by atoms with Crippen LogP contribution >= 0.6 is 0 Å². The molecule has 1 amide bonds. The first-order valence-corrected chi connectivity index (χ1v) is 9.66. The molecule has 0 atom stereocenters. The monoisotopic (exact) mass is 372 g/mol. The van der Waals surface area contributed by atoms with Crippen molar-refractivity contribution in [1.29, 1.82) is 0 Å². The van der Waals surface area contributed by atoms with Gasteiger partial charge in [0.25, 0.3) is 5.91 Å². The summed E-state index contributed by atoms with van der Waals surface area (Å²) in [5, 5.41) is 10.5. The lowest BCUT2D eigenvalue weighted by Gasteiger charge is -2.36. The Hall–Kier alpha value is -2.41. The standard InChI is InChI=1S/C20H25FN4O2/c21-17-14-15(6-7-18(17)27-16-4-1-2-5-16)24-19(26)20(8-11-22-12-9-20)25-13-3-10-23-25/h3,6-7,10,13-14,16,22H,1-2,4-5,8-9,11-12H2,(H,24,26). The van der Waals surface area contributed by atoms with E-state index in [1.165, 1.54) is 6.07 Å². The fourth-order valence-corrected chi connectivity index (χ4v) is 4.03. The molecule has 2 heterocycles. The van der Waals surface area contributed by atoms with Crippen LogP contribution in [0.15, 0.2) is 36.7 Å². The van der Waals surface area contributed by atoms with Gasteiger partial charge < -0.3 is 15.4 Å². The largest absolute Gasteiger partial charge is 0.487 e. The highest BCUT2D eigenvalue weighted by molar-refractivity contribution is 5.96. The van der Waals surface area contributed by atoms with Gasteiger partial charge in [-0.1, -0.05) is 0 Å². The molecule has 27 heavy (non-hydrogen) atoms. The molecule has 2 N–H and O–H groups in total. The van der Waals surface area contributed by atoms with Gasteiger partial charge in [0.1, 0.15) is 5.54 Å². The van der Waals surface area contributed by atoms with E-state index in [4.69, 9.17) is 4.74 Å². The van der Waals surface area contributed by atoms with Gasteiger partial charge in [-0.25, -0.2) is 4.39 Å². The van der Waals surface area contributed by atoms with Gasteiger partial charge in [0.2, 0.25) is 0 Å². The maximum Gasteiger partial charge on any atom is 0.252 e. The molecule has 0 bridgehead atoms. The number of hydrogen-bond acceptors (Lipinski definition) is 4. The van der Waals surface area contributed by atoms with Crippen molar-refractivity contribution < 1.29 is 13.9 Å². The topological polar surface area (TPSA) is 68.2 Å². The summed E-state index contributed by atoms with van der Waals surface area (Å²) in [7, 11) is 0. The third-order valence-corrected chi connectivity index (χ3v) is 5.58. The first-order chi connectivity index (χ1) is 13.2. The number of piperidine rings is 1. The van der Waals surface area contributed by atoms with Gasteiger partial charge >= 0.3 is 0 Å². The summed E-state index contributed by atoms with van der Waals surface area (Å²) in [6.45, 7) is 1.46. The van der Waals surface area contributed by atoms with Gasteiger partial charge in [0.15, 0.2) is 11.6 Å². The van der Waals surface area contributed by atoms with Crippen LogP contribution in [0.4, 0.5) is 10.1 Å². The molecular formula is C20H25FN4O2. The van der Waals surface area contributed by atoms with Crippen molar-refractivity contribution in [3.05, 3.63) is 42.5 Å². The predicted molar refractivity (Wildman–Crippen MR) is 100 cm³/mol. The molecule has 6 nitrogen and oxygen atoms in total. The highest BCUT2D eigenvalue weighted by Gasteiger charge is 2.42. The number of nitrogens with zero attached hydrogens (tertiary/aromatic N) is 2. The number of benzene rings is 1. The van der Waals surface area contributed by atoms with Crippen LogP contribution in [0.3, 0.4) is 0 Å². The van der Waals surface area contributed by atoms with Crippen molar-refractivity contribution in [2.45, 2.75) is 50.2 Å². The van der Waals surface area contributed by atoms with E-state index in [2.05, 4.69) is 15.7 Å². The van der Waals surface area contributed by atoms with Crippen LogP contribution in [0.2, 0.25) is 0 Å². The van der Waals surface area contributed by atoms with E-state index in [0.29, 0.717) is 18.5 Å². The minimum absolute atomic E-state index is 0.0952. The van der Waals surface area contributed by atoms with E-state index in [-0.39, 0.29) is 17.8 Å². The molecule has 1 aliphatic heterocycles. The normalized spacial score (nSPS) is 19.7. The summed E-state index contributed by atoms with van der Waals surface area (Å²) < 4.78 is 21.9. The maximum absolute atomic E-state index is 14.5. The Balaban J connectivity index is 1.50. The second-order valence-corrected chi connectivity index (χ2v) is 7.36. The minimum Gasteiger partial charge on any atom is -0.487 e. The third-order valence-electron chi connectivity index (χ3n) is 5.58. The van der Waals surface area contributed by atoms with Crippen molar-refractivity contribution in [3.63, 3.8) is 0 Å². The number of nitrogens with one attached hydrogen (secondary N) is 2. The van der Waals surface area contributed by atoms with Gasteiger partial charge in [-0.05, 0) is 69.8 Å². The fourth-order valence-electron chi connectivity index (χ4n) is 4.03. The Labute approximate surface area is 158 Å². The maximum atomic E-state index is 14.5. The number of anilines is 1. The number of amides is 1. The zero-order chi connectivity index (χ0) is 18.7. The summed E-state index contributed by atoms with van der Waals surface area (Å²) in [6, 6.07) is 6.45. The number of aromatic nitrogens is 2. The molecule has 1 aromatic heterocycles. The van der Waals surface area contributed by atoms with Crippen LogP contribution in [0.25, 0.3) is 0 Å². The number of carbonyl (C=O) groups is 1. The Kier molecular flexibility index (Phi) is 5.11. The summed E-state index contributed by atoms with van der Waals surface area (Å²) in [5.41, 5.74) is -0.328. The molecule has 144 valence electrons. The molecule has 1 saturated heterocycles. The zero-order valence-electron chi connectivity index (χ0n) is 15.3. The quantitative estimate of drug-likeness (QED) is 0.846. The number of carbonyl (C=O) groups excluding carboxylic acids is 1. The molecule has 4 rings (SSSR count). The van der Waals surface area contributed by atoms with Gasteiger partial charge in [-0.15, -0.1) is 0 Å². The average Bonchev–Trinajstić information content (AvgIpc) is 3.38. The Morgan fingerprint density at radius 1 is 1.30 bits per heavy atom. The average molecular weight is 372 g/mol. The molecule has 0 radical (unpaired) electrons. The lowest BCUT2D eigenvalue weighted by atomic mass is 9.87. The lowest BCUT2D eigenvalue weighted by molar-refractivity contribution is -0.126. The fraction of sp³-hybridized carbons (Fsp3) is 0.500. The van der Waals surface area contributed by atoms with Crippen LogP contribution < -0.4 is 15.4 Å². The van der Waals surface area contributed by atoms with Crippen LogP contribution in [0, 0.1) is 5.82 Å². The van der Waals surface area contributed by atoms with Gasteiger partial charge in [0, 0.05) is 24.1 Å². The van der Waals surface area contributed by atoms with E-state index < -0.39 is 11.4 Å². The summed E-state index contributed by atoms with van der Waals surface area (Å²) in [4.78, 5) is 13.1. The Morgan fingerprint density at radius 2 is 2.07 bits per heavy atom. The first-order valence-electron chi connectivity index (χ1n) is 9.66. The molecule has 2 aromatic rings. The lowest BCUT2D eigenvalue weighted by Crippen LogP contribution is -2.52. The van der Waals surface area contributed by atoms with Crippen molar-refractivity contribution in [2.24, 2.45) is 0 Å². The van der Waals surface area contributed by atoms with Gasteiger partial charge in [-0.3, -0.25) is 9.48 Å². The molecule has 1 aromatic carbocycles. The number of ether oxygens (including phenoxy) is 1. The second kappa shape index (κ2) is 7.68. The summed E-state index contributed by atoms with van der Waals surface area (Å²) in [6.07, 6.45) is 9.04. The smallest absolute Gasteiger partial charge is 0.252 e. The van der Waals surface area contributed by atoms with E-state index in [0.717, 1.165) is 38.8 Å². The van der Waals surface area contributed by atoms with Crippen molar-refractivity contribution in [2.75, 3.05) is 18.4 Å². The van der Waals surface area contributed by atoms with E-state index in [9.17, 15) is 9.18 Å². The van der Waals surface area contributed by atoms with Crippen molar-refractivity contribution >= 4 is 11.6 Å². The third kappa shape index (κ3) is 3.69. The molecule has 2 fully saturated rings. The minimum atomic E-state index is -0.760. The summed E-state index contributed by atoms with van der Waals surface area (Å²) in [5.74, 6) is -0.363. The van der Waals surface area contributed by atoms with Gasteiger partial charge in [0.05, 0.1) is 6.10 Å². The van der Waals surface area contributed by atoms with E-state index >= 15 is 0 Å². The molecule has 2 aliphatic rings. The SMILES string of the molecule is O=C(Nc1ccc(OC2CCCC2)c(F)c1)C1(n2cccn2)CCNCC1. The first kappa shape index (κ1) is 18.0. The number of halogens is 1. The van der Waals surface area contributed by atoms with Crippen LogP contribution in [-0.4, -0.2) is 34.9 Å². The number of rotatable bonds is 5. The van der Waals surface area contributed by atoms with Crippen LogP contribution in [-0.2, 0) is 10.3 Å². The van der Waals surface area contributed by atoms with Crippen molar-refractivity contribution in [1.82, 2.24) is 15.1 Å². The summed E-state index contributed by atoms with van der Waals surface area (Å²) >= 11 is 0. The molecule has 1 aliphatic carbocycles.